The zero-order valence-electron chi connectivity index (χ0n) is 12.2. The van der Waals surface area contributed by atoms with Crippen molar-refractivity contribution in [2.75, 3.05) is 11.9 Å². The fraction of sp³-hybridized carbons (Fsp3) is 0.615. The van der Waals surface area contributed by atoms with Crippen LogP contribution in [-0.2, 0) is 20.7 Å². The zero-order valence-corrected chi connectivity index (χ0v) is 13.0. The Labute approximate surface area is 122 Å². The van der Waals surface area contributed by atoms with Crippen LogP contribution in [0.4, 0.5) is 5.13 Å². The first-order valence-corrected chi connectivity index (χ1v) is 7.47. The molecule has 0 aliphatic heterocycles. The maximum atomic E-state index is 11.8. The monoisotopic (exact) mass is 299 g/mol. The van der Waals surface area contributed by atoms with Gasteiger partial charge in [-0.25, -0.2) is 4.98 Å². The molecule has 0 aliphatic carbocycles. The molecule has 20 heavy (non-hydrogen) atoms. The van der Waals surface area contributed by atoms with Crippen LogP contribution in [0, 0.1) is 0 Å². The summed E-state index contributed by atoms with van der Waals surface area (Å²) in [5.74, 6) is -0.378. The van der Waals surface area contributed by atoms with Gasteiger partial charge in [-0.15, -0.1) is 11.3 Å². The normalized spacial score (nSPS) is 12.1. The molecular weight excluding hydrogens is 278 g/mol. The molecule has 112 valence electrons. The molecule has 1 heterocycles. The van der Waals surface area contributed by atoms with Crippen molar-refractivity contribution in [3.8, 4) is 0 Å². The lowest BCUT2D eigenvalue weighted by molar-refractivity contribution is -0.142. The summed E-state index contributed by atoms with van der Waals surface area (Å²) in [6.45, 7) is 7.71. The third kappa shape index (κ3) is 5.56. The first-order valence-electron chi connectivity index (χ1n) is 6.59. The molecule has 1 aromatic heterocycles. The van der Waals surface area contributed by atoms with Crippen LogP contribution in [0.3, 0.4) is 0 Å². The van der Waals surface area contributed by atoms with Gasteiger partial charge >= 0.3 is 5.97 Å². The van der Waals surface area contributed by atoms with Crippen LogP contribution in [0.5, 0.6) is 0 Å². The minimum Gasteiger partial charge on any atom is -0.466 e. The average molecular weight is 299 g/mol. The van der Waals surface area contributed by atoms with E-state index in [1.54, 1.807) is 19.2 Å². The van der Waals surface area contributed by atoms with Crippen LogP contribution in [0.2, 0.25) is 0 Å². The maximum Gasteiger partial charge on any atom is 0.311 e. The number of hydrogen-bond acceptors (Lipinski definition) is 6. The van der Waals surface area contributed by atoms with Crippen LogP contribution < -0.4 is 10.6 Å². The molecule has 0 aromatic carbocycles. The molecule has 0 aliphatic rings. The summed E-state index contributed by atoms with van der Waals surface area (Å²) in [6.07, 6.45) is 0.151. The van der Waals surface area contributed by atoms with E-state index in [0.717, 1.165) is 0 Å². The van der Waals surface area contributed by atoms with E-state index < -0.39 is 0 Å². The van der Waals surface area contributed by atoms with Gasteiger partial charge < -0.3 is 15.4 Å². The molecule has 1 atom stereocenters. The SMILES string of the molecule is CCOC(=O)Cc1csc(NC(C)C(=O)NC(C)C)n1. The Bertz CT molecular complexity index is 459. The van der Waals surface area contributed by atoms with Gasteiger partial charge in [0, 0.05) is 11.4 Å². The number of nitrogens with one attached hydrogen (secondary N) is 2. The van der Waals surface area contributed by atoms with Gasteiger partial charge in [-0.3, -0.25) is 9.59 Å². The number of carbonyl (C=O) groups is 2. The van der Waals surface area contributed by atoms with Crippen LogP contribution in [0.1, 0.15) is 33.4 Å². The predicted molar refractivity (Wildman–Crippen MR) is 78.8 cm³/mol. The molecule has 6 nitrogen and oxygen atoms in total. The Kier molecular flexibility index (Phi) is 6.44. The van der Waals surface area contributed by atoms with Crippen molar-refractivity contribution >= 4 is 28.3 Å². The minimum absolute atomic E-state index is 0.0813. The zero-order chi connectivity index (χ0) is 15.1. The first kappa shape index (κ1) is 16.4. The Morgan fingerprint density at radius 2 is 2.10 bits per heavy atom. The fourth-order valence-electron chi connectivity index (χ4n) is 1.47. The summed E-state index contributed by atoms with van der Waals surface area (Å²) in [6, 6.07) is -0.276. The van der Waals surface area contributed by atoms with Crippen LogP contribution >= 0.6 is 11.3 Å². The molecule has 2 N–H and O–H groups in total. The fourth-order valence-corrected chi connectivity index (χ4v) is 2.27. The van der Waals surface area contributed by atoms with Gasteiger partial charge in [-0.1, -0.05) is 0 Å². The van der Waals surface area contributed by atoms with Gasteiger partial charge in [0.05, 0.1) is 18.7 Å². The predicted octanol–water partition coefficient (Wildman–Crippen LogP) is 1.57. The third-order valence-electron chi connectivity index (χ3n) is 2.35. The van der Waals surface area contributed by atoms with E-state index in [9.17, 15) is 9.59 Å². The maximum absolute atomic E-state index is 11.8. The minimum atomic E-state index is -0.376. The number of nitrogens with zero attached hydrogens (tertiary/aromatic N) is 1. The summed E-state index contributed by atoms with van der Waals surface area (Å²) in [4.78, 5) is 27.3. The highest BCUT2D eigenvalue weighted by molar-refractivity contribution is 7.13. The quantitative estimate of drug-likeness (QED) is 0.747. The standard InChI is InChI=1S/C13H21N3O3S/c1-5-19-11(17)6-10-7-20-13(16-10)15-9(4)12(18)14-8(2)3/h7-9H,5-6H2,1-4H3,(H,14,18)(H,15,16). The highest BCUT2D eigenvalue weighted by Gasteiger charge is 2.15. The number of hydrogen-bond donors (Lipinski definition) is 2. The molecule has 0 bridgehead atoms. The molecule has 1 rings (SSSR count). The van der Waals surface area contributed by atoms with Crippen molar-refractivity contribution in [1.29, 1.82) is 0 Å². The number of aromatic nitrogens is 1. The summed E-state index contributed by atoms with van der Waals surface area (Å²) in [5.41, 5.74) is 0.646. The van der Waals surface area contributed by atoms with E-state index >= 15 is 0 Å². The summed E-state index contributed by atoms with van der Waals surface area (Å²) < 4.78 is 4.86. The van der Waals surface area contributed by atoms with Crippen LogP contribution in [-0.4, -0.2) is 35.6 Å². The summed E-state index contributed by atoms with van der Waals surface area (Å²) in [7, 11) is 0. The number of rotatable bonds is 7. The number of ether oxygens (including phenoxy) is 1. The van der Waals surface area contributed by atoms with E-state index in [1.807, 2.05) is 13.8 Å². The van der Waals surface area contributed by atoms with Crippen molar-refractivity contribution in [2.24, 2.45) is 0 Å². The van der Waals surface area contributed by atoms with Gasteiger partial charge in [-0.05, 0) is 27.7 Å². The first-order chi connectivity index (χ1) is 9.42. The molecule has 0 saturated heterocycles. The molecule has 1 aromatic rings. The van der Waals surface area contributed by atoms with Crippen molar-refractivity contribution in [3.63, 3.8) is 0 Å². The Morgan fingerprint density at radius 3 is 2.70 bits per heavy atom. The second kappa shape index (κ2) is 7.84. The van der Waals surface area contributed by atoms with Crippen molar-refractivity contribution in [1.82, 2.24) is 10.3 Å². The molecule has 1 amide bonds. The molecule has 0 spiro atoms. The molecular formula is C13H21N3O3S. The smallest absolute Gasteiger partial charge is 0.311 e. The van der Waals surface area contributed by atoms with Crippen LogP contribution in [0.25, 0.3) is 0 Å². The summed E-state index contributed by atoms with van der Waals surface area (Å²) in [5, 5.41) is 8.24. The number of carbonyl (C=O) groups excluding carboxylic acids is 2. The van der Waals surface area contributed by atoms with Gasteiger partial charge in [0.15, 0.2) is 5.13 Å². The van der Waals surface area contributed by atoms with E-state index in [4.69, 9.17) is 4.74 Å². The Balaban J connectivity index is 2.51. The molecule has 0 saturated carbocycles. The van der Waals surface area contributed by atoms with E-state index in [1.165, 1.54) is 11.3 Å². The number of amides is 1. The van der Waals surface area contributed by atoms with Crippen molar-refractivity contribution in [2.45, 2.75) is 46.2 Å². The van der Waals surface area contributed by atoms with Crippen molar-refractivity contribution < 1.29 is 14.3 Å². The number of anilines is 1. The lowest BCUT2D eigenvalue weighted by atomic mass is 10.3. The Hall–Kier alpha value is -1.63. The molecule has 7 heteroatoms. The molecule has 0 fully saturated rings. The summed E-state index contributed by atoms with van der Waals surface area (Å²) >= 11 is 1.36. The largest absolute Gasteiger partial charge is 0.466 e. The third-order valence-corrected chi connectivity index (χ3v) is 3.17. The number of thiazole rings is 1. The van der Waals surface area contributed by atoms with Gasteiger partial charge in [0.2, 0.25) is 5.91 Å². The second-order valence-electron chi connectivity index (χ2n) is 4.66. The lowest BCUT2D eigenvalue weighted by Crippen LogP contribution is -2.40. The highest BCUT2D eigenvalue weighted by atomic mass is 32.1. The molecule has 0 radical (unpaired) electrons. The van der Waals surface area contributed by atoms with Gasteiger partial charge in [0.25, 0.3) is 0 Å². The van der Waals surface area contributed by atoms with Gasteiger partial charge in [0.1, 0.15) is 6.04 Å². The highest BCUT2D eigenvalue weighted by Crippen LogP contribution is 2.17. The average Bonchev–Trinajstić information content (AvgIpc) is 2.75. The second-order valence-corrected chi connectivity index (χ2v) is 5.51. The topological polar surface area (TPSA) is 80.3 Å². The molecule has 1 unspecified atom stereocenters. The number of esters is 1. The Morgan fingerprint density at radius 1 is 1.40 bits per heavy atom. The van der Waals surface area contributed by atoms with E-state index in [2.05, 4.69) is 15.6 Å². The van der Waals surface area contributed by atoms with Gasteiger partial charge in [-0.2, -0.15) is 0 Å². The van der Waals surface area contributed by atoms with E-state index in [0.29, 0.717) is 17.4 Å². The van der Waals surface area contributed by atoms with Crippen molar-refractivity contribution in [3.05, 3.63) is 11.1 Å². The van der Waals surface area contributed by atoms with E-state index in [-0.39, 0.29) is 30.4 Å². The van der Waals surface area contributed by atoms with Crippen LogP contribution in [0.15, 0.2) is 5.38 Å². The lowest BCUT2D eigenvalue weighted by Gasteiger charge is -2.15.